The van der Waals surface area contributed by atoms with E-state index in [1.54, 1.807) is 0 Å². The third-order valence-electron chi connectivity index (χ3n) is 2.72. The Labute approximate surface area is 108 Å². The number of nitrogens with one attached hydrogen (secondary N) is 2. The first kappa shape index (κ1) is 14.2. The summed E-state index contributed by atoms with van der Waals surface area (Å²) in [6, 6.07) is 7.77. The van der Waals surface area contributed by atoms with Gasteiger partial charge in [0.2, 0.25) is 0 Å². The molecule has 4 heteroatoms. The maximum absolute atomic E-state index is 11.5. The Morgan fingerprint density at radius 2 is 1.78 bits per heavy atom. The van der Waals surface area contributed by atoms with Crippen LogP contribution in [-0.4, -0.2) is 18.4 Å². The van der Waals surface area contributed by atoms with Crippen LogP contribution >= 0.6 is 0 Å². The van der Waals surface area contributed by atoms with Gasteiger partial charge in [0.15, 0.2) is 0 Å². The van der Waals surface area contributed by atoms with Crippen molar-refractivity contribution in [3.8, 4) is 0 Å². The van der Waals surface area contributed by atoms with Crippen LogP contribution < -0.4 is 10.6 Å². The Morgan fingerprint density at radius 1 is 1.11 bits per heavy atom. The van der Waals surface area contributed by atoms with Crippen molar-refractivity contribution >= 4 is 11.8 Å². The summed E-state index contributed by atoms with van der Waals surface area (Å²) >= 11 is 0. The summed E-state index contributed by atoms with van der Waals surface area (Å²) in [5.41, 5.74) is 2.12. The average Bonchev–Trinajstić information content (AvgIpc) is 2.37. The number of amides is 2. The van der Waals surface area contributed by atoms with E-state index in [0.29, 0.717) is 13.1 Å². The van der Waals surface area contributed by atoms with E-state index in [1.165, 1.54) is 0 Å². The van der Waals surface area contributed by atoms with Crippen molar-refractivity contribution in [1.82, 2.24) is 10.6 Å². The second kappa shape index (κ2) is 7.48. The maximum Gasteiger partial charge on any atom is 0.309 e. The van der Waals surface area contributed by atoms with Crippen LogP contribution in [0.2, 0.25) is 0 Å². The van der Waals surface area contributed by atoms with E-state index >= 15 is 0 Å². The van der Waals surface area contributed by atoms with Crippen LogP contribution in [0.5, 0.6) is 0 Å². The first-order valence-corrected chi connectivity index (χ1v) is 6.25. The molecule has 2 N–H and O–H groups in total. The van der Waals surface area contributed by atoms with Crippen molar-refractivity contribution in [3.05, 3.63) is 35.4 Å². The number of carbonyl (C=O) groups is 2. The highest BCUT2D eigenvalue weighted by Crippen LogP contribution is 2.05. The zero-order valence-corrected chi connectivity index (χ0v) is 11.0. The average molecular weight is 248 g/mol. The van der Waals surface area contributed by atoms with Gasteiger partial charge < -0.3 is 10.6 Å². The van der Waals surface area contributed by atoms with Crippen molar-refractivity contribution in [2.45, 2.75) is 33.2 Å². The van der Waals surface area contributed by atoms with Gasteiger partial charge >= 0.3 is 11.8 Å². The van der Waals surface area contributed by atoms with E-state index in [9.17, 15) is 9.59 Å². The Bertz CT molecular complexity index is 416. The number of hydrogen-bond donors (Lipinski definition) is 2. The molecule has 0 saturated carbocycles. The lowest BCUT2D eigenvalue weighted by Crippen LogP contribution is -2.40. The molecule has 0 saturated heterocycles. The molecule has 0 bridgehead atoms. The summed E-state index contributed by atoms with van der Waals surface area (Å²) in [4.78, 5) is 22.9. The predicted molar refractivity (Wildman–Crippen MR) is 70.9 cm³/mol. The normalized spacial score (nSPS) is 9.89. The Hall–Kier alpha value is -1.84. The van der Waals surface area contributed by atoms with Gasteiger partial charge in [-0.25, -0.2) is 0 Å². The lowest BCUT2D eigenvalue weighted by Gasteiger charge is -2.08. The molecule has 0 radical (unpaired) electrons. The SMILES string of the molecule is CCCCNC(=O)C(=O)NCc1ccccc1C. The fourth-order valence-electron chi connectivity index (χ4n) is 1.52. The smallest absolute Gasteiger partial charge is 0.309 e. The van der Waals surface area contributed by atoms with Crippen molar-refractivity contribution < 1.29 is 9.59 Å². The zero-order valence-electron chi connectivity index (χ0n) is 11.0. The Kier molecular flexibility index (Phi) is 5.91. The molecule has 0 unspecified atom stereocenters. The van der Waals surface area contributed by atoms with E-state index in [2.05, 4.69) is 10.6 Å². The van der Waals surface area contributed by atoms with Gasteiger partial charge in [-0.2, -0.15) is 0 Å². The van der Waals surface area contributed by atoms with Crippen LogP contribution in [0.3, 0.4) is 0 Å². The monoisotopic (exact) mass is 248 g/mol. The molecular formula is C14H20N2O2. The molecule has 0 heterocycles. The van der Waals surface area contributed by atoms with Gasteiger partial charge in [0.05, 0.1) is 0 Å². The Balaban J connectivity index is 2.37. The zero-order chi connectivity index (χ0) is 13.4. The minimum atomic E-state index is -0.575. The molecule has 0 aromatic heterocycles. The number of hydrogen-bond acceptors (Lipinski definition) is 2. The number of benzene rings is 1. The molecule has 0 spiro atoms. The summed E-state index contributed by atoms with van der Waals surface area (Å²) in [6.45, 7) is 4.94. The third-order valence-corrected chi connectivity index (χ3v) is 2.72. The highest BCUT2D eigenvalue weighted by molar-refractivity contribution is 6.35. The second-order valence-electron chi connectivity index (χ2n) is 4.22. The van der Waals surface area contributed by atoms with Crippen molar-refractivity contribution in [3.63, 3.8) is 0 Å². The summed E-state index contributed by atoms with van der Waals surface area (Å²) in [5.74, 6) is -1.13. The van der Waals surface area contributed by atoms with Crippen LogP contribution in [0.25, 0.3) is 0 Å². The fraction of sp³-hybridized carbons (Fsp3) is 0.429. The highest BCUT2D eigenvalue weighted by Gasteiger charge is 2.12. The van der Waals surface area contributed by atoms with Gasteiger partial charge in [-0.3, -0.25) is 9.59 Å². The van der Waals surface area contributed by atoms with E-state index in [4.69, 9.17) is 0 Å². The molecule has 1 aromatic carbocycles. The van der Waals surface area contributed by atoms with Gasteiger partial charge in [-0.05, 0) is 24.5 Å². The summed E-state index contributed by atoms with van der Waals surface area (Å²) in [5, 5.41) is 5.20. The molecule has 98 valence electrons. The van der Waals surface area contributed by atoms with E-state index in [-0.39, 0.29) is 0 Å². The van der Waals surface area contributed by atoms with Crippen LogP contribution in [-0.2, 0) is 16.1 Å². The predicted octanol–water partition coefficient (Wildman–Crippen LogP) is 1.53. The summed E-state index contributed by atoms with van der Waals surface area (Å²) in [7, 11) is 0. The maximum atomic E-state index is 11.5. The second-order valence-corrected chi connectivity index (χ2v) is 4.22. The number of aryl methyl sites for hydroxylation is 1. The van der Waals surface area contributed by atoms with Crippen molar-refractivity contribution in [2.24, 2.45) is 0 Å². The molecule has 1 aromatic rings. The van der Waals surface area contributed by atoms with Gasteiger partial charge in [0.1, 0.15) is 0 Å². The molecule has 1 rings (SSSR count). The van der Waals surface area contributed by atoms with Gasteiger partial charge in [0.25, 0.3) is 0 Å². The molecule has 0 atom stereocenters. The number of carbonyl (C=O) groups excluding carboxylic acids is 2. The van der Waals surface area contributed by atoms with E-state index in [1.807, 2.05) is 38.1 Å². The molecule has 0 aliphatic carbocycles. The minimum absolute atomic E-state index is 0.382. The molecular weight excluding hydrogens is 228 g/mol. The van der Waals surface area contributed by atoms with E-state index in [0.717, 1.165) is 24.0 Å². The summed E-state index contributed by atoms with van der Waals surface area (Å²) in [6.07, 6.45) is 1.88. The quantitative estimate of drug-likeness (QED) is 0.613. The topological polar surface area (TPSA) is 58.2 Å². The van der Waals surface area contributed by atoms with Crippen molar-refractivity contribution in [1.29, 1.82) is 0 Å². The lowest BCUT2D eigenvalue weighted by molar-refractivity contribution is -0.139. The standard InChI is InChI=1S/C14H20N2O2/c1-3-4-9-15-13(17)14(18)16-10-12-8-6-5-7-11(12)2/h5-8H,3-4,9-10H2,1-2H3,(H,15,17)(H,16,18). The fourth-order valence-corrected chi connectivity index (χ4v) is 1.52. The number of unbranched alkanes of at least 4 members (excludes halogenated alkanes) is 1. The van der Waals surface area contributed by atoms with Crippen molar-refractivity contribution in [2.75, 3.05) is 6.54 Å². The van der Waals surface area contributed by atoms with Crippen LogP contribution in [0, 0.1) is 6.92 Å². The van der Waals surface area contributed by atoms with Gasteiger partial charge in [0, 0.05) is 13.1 Å². The van der Waals surface area contributed by atoms with Crippen LogP contribution in [0.4, 0.5) is 0 Å². The molecule has 0 fully saturated rings. The van der Waals surface area contributed by atoms with Gasteiger partial charge in [-0.1, -0.05) is 37.6 Å². The first-order chi connectivity index (χ1) is 8.65. The molecule has 0 aliphatic heterocycles. The highest BCUT2D eigenvalue weighted by atomic mass is 16.2. The first-order valence-electron chi connectivity index (χ1n) is 6.25. The Morgan fingerprint density at radius 3 is 2.44 bits per heavy atom. The minimum Gasteiger partial charge on any atom is -0.348 e. The van der Waals surface area contributed by atoms with E-state index < -0.39 is 11.8 Å². The van der Waals surface area contributed by atoms with Crippen LogP contribution in [0.1, 0.15) is 30.9 Å². The van der Waals surface area contributed by atoms with Gasteiger partial charge in [-0.15, -0.1) is 0 Å². The molecule has 0 aliphatic rings. The molecule has 4 nitrogen and oxygen atoms in total. The third kappa shape index (κ3) is 4.57. The lowest BCUT2D eigenvalue weighted by atomic mass is 10.1. The number of rotatable bonds is 5. The largest absolute Gasteiger partial charge is 0.348 e. The van der Waals surface area contributed by atoms with Crippen LogP contribution in [0.15, 0.2) is 24.3 Å². The summed E-state index contributed by atoms with van der Waals surface area (Å²) < 4.78 is 0. The molecule has 18 heavy (non-hydrogen) atoms. The molecule has 2 amide bonds.